The third-order valence-electron chi connectivity index (χ3n) is 3.37. The van der Waals surface area contributed by atoms with E-state index in [2.05, 4.69) is 10.6 Å². The number of para-hydroxylation sites is 1. The molecule has 2 N–H and O–H groups in total. The highest BCUT2D eigenvalue weighted by molar-refractivity contribution is 5.96. The normalized spacial score (nSPS) is 17.4. The minimum absolute atomic E-state index is 0. The van der Waals surface area contributed by atoms with Gasteiger partial charge in [0.05, 0.1) is 12.2 Å². The lowest BCUT2D eigenvalue weighted by molar-refractivity contribution is 0.0948. The molecule has 1 aliphatic rings. The van der Waals surface area contributed by atoms with Crippen LogP contribution in [-0.2, 0) is 0 Å². The van der Waals surface area contributed by atoms with Crippen molar-refractivity contribution in [2.45, 2.75) is 32.2 Å². The monoisotopic (exact) mass is 298 g/mol. The van der Waals surface area contributed by atoms with Crippen molar-refractivity contribution in [1.82, 2.24) is 10.6 Å². The highest BCUT2D eigenvalue weighted by Crippen LogP contribution is 2.17. The number of halogens is 1. The predicted molar refractivity (Wildman–Crippen MR) is 82.8 cm³/mol. The van der Waals surface area contributed by atoms with Crippen LogP contribution in [-0.4, -0.2) is 31.6 Å². The molecule has 0 aliphatic carbocycles. The van der Waals surface area contributed by atoms with Gasteiger partial charge in [-0.2, -0.15) is 0 Å². The molecule has 0 aromatic heterocycles. The van der Waals surface area contributed by atoms with Gasteiger partial charge in [0.15, 0.2) is 0 Å². The molecule has 2 rings (SSSR count). The summed E-state index contributed by atoms with van der Waals surface area (Å²) in [6.07, 6.45) is 3.44. The Balaban J connectivity index is 0.00000200. The Morgan fingerprint density at radius 3 is 2.95 bits per heavy atom. The second kappa shape index (κ2) is 8.82. The molecule has 1 heterocycles. The van der Waals surface area contributed by atoms with Crippen LogP contribution in [0.4, 0.5) is 0 Å². The van der Waals surface area contributed by atoms with Gasteiger partial charge < -0.3 is 15.4 Å². The van der Waals surface area contributed by atoms with Gasteiger partial charge in [-0.05, 0) is 44.9 Å². The predicted octanol–water partition coefficient (Wildman–Crippen LogP) is 2.38. The zero-order chi connectivity index (χ0) is 13.5. The SMILES string of the molecule is CCOc1ccccc1C(=O)NCC[C@H]1CCCN1.Cl. The molecule has 0 radical (unpaired) electrons. The second-order valence-corrected chi connectivity index (χ2v) is 4.77. The number of hydrogen-bond donors (Lipinski definition) is 2. The lowest BCUT2D eigenvalue weighted by atomic mass is 10.1. The molecule has 0 saturated carbocycles. The van der Waals surface area contributed by atoms with Crippen LogP contribution < -0.4 is 15.4 Å². The fourth-order valence-electron chi connectivity index (χ4n) is 2.39. The molecule has 5 heteroatoms. The molecule has 0 unspecified atom stereocenters. The Morgan fingerprint density at radius 2 is 2.25 bits per heavy atom. The number of ether oxygens (including phenoxy) is 1. The van der Waals surface area contributed by atoms with Crippen LogP contribution in [0.1, 0.15) is 36.5 Å². The van der Waals surface area contributed by atoms with E-state index in [4.69, 9.17) is 4.74 Å². The lowest BCUT2D eigenvalue weighted by Crippen LogP contribution is -2.30. The topological polar surface area (TPSA) is 50.4 Å². The Hall–Kier alpha value is -1.26. The van der Waals surface area contributed by atoms with Crippen molar-refractivity contribution in [1.29, 1.82) is 0 Å². The van der Waals surface area contributed by atoms with Gasteiger partial charge in [-0.3, -0.25) is 4.79 Å². The van der Waals surface area contributed by atoms with E-state index in [9.17, 15) is 4.79 Å². The minimum Gasteiger partial charge on any atom is -0.493 e. The van der Waals surface area contributed by atoms with E-state index in [0.717, 1.165) is 13.0 Å². The Labute approximate surface area is 126 Å². The molecule has 1 saturated heterocycles. The summed E-state index contributed by atoms with van der Waals surface area (Å²) in [6, 6.07) is 7.92. The number of nitrogens with one attached hydrogen (secondary N) is 2. The van der Waals surface area contributed by atoms with Crippen LogP contribution in [0, 0.1) is 0 Å². The molecule has 112 valence electrons. The summed E-state index contributed by atoms with van der Waals surface area (Å²) >= 11 is 0. The Kier molecular flexibility index (Phi) is 7.41. The van der Waals surface area contributed by atoms with Crippen molar-refractivity contribution >= 4 is 18.3 Å². The molecule has 1 fully saturated rings. The van der Waals surface area contributed by atoms with Gasteiger partial charge in [0.2, 0.25) is 0 Å². The third-order valence-corrected chi connectivity index (χ3v) is 3.37. The highest BCUT2D eigenvalue weighted by atomic mass is 35.5. The van der Waals surface area contributed by atoms with E-state index < -0.39 is 0 Å². The largest absolute Gasteiger partial charge is 0.493 e. The minimum atomic E-state index is -0.0537. The number of amides is 1. The van der Waals surface area contributed by atoms with Crippen LogP contribution in [0.2, 0.25) is 0 Å². The summed E-state index contributed by atoms with van der Waals surface area (Å²) < 4.78 is 5.46. The highest BCUT2D eigenvalue weighted by Gasteiger charge is 2.15. The van der Waals surface area contributed by atoms with Gasteiger partial charge in [-0.1, -0.05) is 12.1 Å². The fourth-order valence-corrected chi connectivity index (χ4v) is 2.39. The van der Waals surface area contributed by atoms with E-state index >= 15 is 0 Å². The summed E-state index contributed by atoms with van der Waals surface area (Å²) in [7, 11) is 0. The molecule has 4 nitrogen and oxygen atoms in total. The van der Waals surface area contributed by atoms with Gasteiger partial charge in [-0.15, -0.1) is 12.4 Å². The van der Waals surface area contributed by atoms with Crippen molar-refractivity contribution < 1.29 is 9.53 Å². The van der Waals surface area contributed by atoms with E-state index in [1.807, 2.05) is 25.1 Å². The van der Waals surface area contributed by atoms with E-state index in [1.54, 1.807) is 6.07 Å². The molecular weight excluding hydrogens is 276 g/mol. The zero-order valence-corrected chi connectivity index (χ0v) is 12.7. The number of hydrogen-bond acceptors (Lipinski definition) is 3. The molecule has 0 bridgehead atoms. The fraction of sp³-hybridized carbons (Fsp3) is 0.533. The molecule has 20 heavy (non-hydrogen) atoms. The Morgan fingerprint density at radius 1 is 1.45 bits per heavy atom. The maximum Gasteiger partial charge on any atom is 0.255 e. The Bertz CT molecular complexity index is 420. The summed E-state index contributed by atoms with van der Waals surface area (Å²) in [5.74, 6) is 0.600. The average Bonchev–Trinajstić information content (AvgIpc) is 2.93. The quantitative estimate of drug-likeness (QED) is 0.848. The number of carbonyl (C=O) groups is 1. The first-order chi connectivity index (χ1) is 9.31. The molecule has 1 amide bonds. The summed E-state index contributed by atoms with van der Waals surface area (Å²) in [5, 5.41) is 6.39. The number of rotatable bonds is 6. The van der Waals surface area contributed by atoms with Crippen LogP contribution in [0.3, 0.4) is 0 Å². The van der Waals surface area contributed by atoms with Crippen LogP contribution in [0.25, 0.3) is 0 Å². The maximum atomic E-state index is 12.1. The van der Waals surface area contributed by atoms with Gasteiger partial charge >= 0.3 is 0 Å². The van der Waals surface area contributed by atoms with E-state index in [1.165, 1.54) is 12.8 Å². The number of carbonyl (C=O) groups excluding carboxylic acids is 1. The smallest absolute Gasteiger partial charge is 0.255 e. The van der Waals surface area contributed by atoms with Gasteiger partial charge in [-0.25, -0.2) is 0 Å². The van der Waals surface area contributed by atoms with Crippen molar-refractivity contribution in [3.8, 4) is 5.75 Å². The molecule has 1 atom stereocenters. The first-order valence-corrected chi connectivity index (χ1v) is 7.04. The lowest BCUT2D eigenvalue weighted by Gasteiger charge is -2.12. The van der Waals surface area contributed by atoms with Crippen molar-refractivity contribution in [2.24, 2.45) is 0 Å². The summed E-state index contributed by atoms with van der Waals surface area (Å²) in [5.41, 5.74) is 0.615. The van der Waals surface area contributed by atoms with Gasteiger partial charge in [0, 0.05) is 12.6 Å². The molecule has 1 aliphatic heterocycles. The average molecular weight is 299 g/mol. The third kappa shape index (κ3) is 4.69. The number of benzene rings is 1. The standard InChI is InChI=1S/C15H22N2O2.ClH/c1-2-19-14-8-4-3-7-13(14)15(18)17-11-9-12-6-5-10-16-12;/h3-4,7-8,12,16H,2,5-6,9-11H2,1H3,(H,17,18);1H/t12-;/m1./s1. The van der Waals surface area contributed by atoms with Gasteiger partial charge in [0.1, 0.15) is 5.75 Å². The first-order valence-electron chi connectivity index (χ1n) is 7.04. The van der Waals surface area contributed by atoms with Crippen molar-refractivity contribution in [3.63, 3.8) is 0 Å². The van der Waals surface area contributed by atoms with E-state index in [-0.39, 0.29) is 18.3 Å². The van der Waals surface area contributed by atoms with Crippen molar-refractivity contribution in [2.75, 3.05) is 19.7 Å². The molecule has 1 aromatic carbocycles. The van der Waals surface area contributed by atoms with E-state index in [0.29, 0.717) is 30.5 Å². The van der Waals surface area contributed by atoms with Crippen LogP contribution in [0.5, 0.6) is 5.75 Å². The van der Waals surface area contributed by atoms with Gasteiger partial charge in [0.25, 0.3) is 5.91 Å². The molecular formula is C15H23ClN2O2. The summed E-state index contributed by atoms with van der Waals surface area (Å²) in [4.78, 5) is 12.1. The van der Waals surface area contributed by atoms with Crippen LogP contribution >= 0.6 is 12.4 Å². The first kappa shape index (κ1) is 16.8. The second-order valence-electron chi connectivity index (χ2n) is 4.77. The van der Waals surface area contributed by atoms with Crippen LogP contribution in [0.15, 0.2) is 24.3 Å². The molecule has 0 spiro atoms. The zero-order valence-electron chi connectivity index (χ0n) is 11.9. The van der Waals surface area contributed by atoms with Crippen molar-refractivity contribution in [3.05, 3.63) is 29.8 Å². The molecule has 1 aromatic rings. The maximum absolute atomic E-state index is 12.1. The summed E-state index contributed by atoms with van der Waals surface area (Å²) in [6.45, 7) is 4.29.